The van der Waals surface area contributed by atoms with Gasteiger partial charge < -0.3 is 4.84 Å². The molecule has 0 unspecified atom stereocenters. The van der Waals surface area contributed by atoms with Gasteiger partial charge in [-0.05, 0) is 6.08 Å². The van der Waals surface area contributed by atoms with Gasteiger partial charge in [-0.2, -0.15) is 5.90 Å². The number of nitrogens with two attached hydrogens (primary N) is 1. The van der Waals surface area contributed by atoms with Crippen molar-refractivity contribution in [2.24, 2.45) is 5.90 Å². The van der Waals surface area contributed by atoms with E-state index in [1.807, 2.05) is 27.7 Å². The quantitative estimate of drug-likeness (QED) is 0.368. The van der Waals surface area contributed by atoms with Gasteiger partial charge >= 0.3 is 0 Å². The highest BCUT2D eigenvalue weighted by molar-refractivity contribution is 4.92. The van der Waals surface area contributed by atoms with Gasteiger partial charge in [0.05, 0.1) is 0 Å². The Kier molecular flexibility index (Phi) is 66.3. The lowest BCUT2D eigenvalue weighted by atomic mass is 10.6. The van der Waals surface area contributed by atoms with Crippen LogP contribution in [0.4, 0.5) is 0 Å². The lowest BCUT2D eigenvalue weighted by Crippen LogP contribution is -1.86. The summed E-state index contributed by atoms with van der Waals surface area (Å²) in [7, 11) is 0. The second-order valence-corrected chi connectivity index (χ2v) is 0.700. The number of allylic oxidation sites excluding steroid dienone is 2. The molecule has 0 aliphatic heterocycles. The van der Waals surface area contributed by atoms with Crippen LogP contribution in [0.5, 0.6) is 0 Å². The largest absolute Gasteiger partial charge is 0.419 e. The predicted octanol–water partition coefficient (Wildman–Crippen LogP) is 2.63. The maximum absolute atomic E-state index is 4.58. The highest BCUT2D eigenvalue weighted by Gasteiger charge is 1.52. The van der Waals surface area contributed by atoms with Crippen molar-refractivity contribution < 1.29 is 4.84 Å². The van der Waals surface area contributed by atoms with E-state index in [4.69, 9.17) is 0 Å². The van der Waals surface area contributed by atoms with Gasteiger partial charge in [-0.15, -0.1) is 0 Å². The van der Waals surface area contributed by atoms with Gasteiger partial charge in [-0.25, -0.2) is 0 Å². The minimum Gasteiger partial charge on any atom is -0.419 e. The molecule has 0 aromatic carbocycles. The van der Waals surface area contributed by atoms with E-state index in [0.29, 0.717) is 0 Å². The van der Waals surface area contributed by atoms with Crippen molar-refractivity contribution in [1.82, 2.24) is 0 Å². The second kappa shape index (κ2) is 41.1. The lowest BCUT2D eigenvalue weighted by molar-refractivity contribution is 0.261. The molecule has 0 rings (SSSR count). The fraction of sp³-hybridized carbons (Fsp3) is 0.500. The van der Waals surface area contributed by atoms with Gasteiger partial charge in [0.2, 0.25) is 0 Å². The van der Waals surface area contributed by atoms with Crippen molar-refractivity contribution in [1.29, 1.82) is 0 Å². The van der Waals surface area contributed by atoms with E-state index >= 15 is 0 Å². The molecule has 0 atom stereocenters. The third-order valence-electron chi connectivity index (χ3n) is 0.293. The average molecular weight is 145 g/mol. The number of hydrogen-bond donors (Lipinski definition) is 1. The number of rotatable bonds is 2. The standard InChI is InChI=1S/C4H7NO.2C2H6/c1-2-3-4-6-5;2*1-2/h2-4H,1,5H2;2*1-2H3/b4-3-;;. The maximum Gasteiger partial charge on any atom is 0.110 e. The second-order valence-electron chi connectivity index (χ2n) is 0.700. The van der Waals surface area contributed by atoms with Crippen molar-refractivity contribution >= 4 is 0 Å². The summed E-state index contributed by atoms with van der Waals surface area (Å²) in [5, 5.41) is 0. The van der Waals surface area contributed by atoms with E-state index in [2.05, 4.69) is 17.3 Å². The normalized spacial score (nSPS) is 6.50. The molecule has 0 bridgehead atoms. The monoisotopic (exact) mass is 145 g/mol. The van der Waals surface area contributed by atoms with Crippen LogP contribution in [0.25, 0.3) is 0 Å². The first kappa shape index (κ1) is 16.1. The van der Waals surface area contributed by atoms with E-state index < -0.39 is 0 Å². The van der Waals surface area contributed by atoms with E-state index in [9.17, 15) is 0 Å². The molecule has 2 nitrogen and oxygen atoms in total. The van der Waals surface area contributed by atoms with Crippen LogP contribution in [0.1, 0.15) is 27.7 Å². The molecule has 0 aromatic rings. The fourth-order valence-electron chi connectivity index (χ4n) is 0.101. The fourth-order valence-corrected chi connectivity index (χ4v) is 0.101. The summed E-state index contributed by atoms with van der Waals surface area (Å²) in [6.45, 7) is 11.4. The lowest BCUT2D eigenvalue weighted by Gasteiger charge is -1.77. The van der Waals surface area contributed by atoms with Gasteiger partial charge in [-0.3, -0.25) is 0 Å². The predicted molar refractivity (Wildman–Crippen MR) is 47.3 cm³/mol. The van der Waals surface area contributed by atoms with Gasteiger partial charge in [0.15, 0.2) is 0 Å². The van der Waals surface area contributed by atoms with Crippen LogP contribution in [0.3, 0.4) is 0 Å². The Bertz CT molecular complexity index is 60.3. The first-order chi connectivity index (χ1) is 4.91. The topological polar surface area (TPSA) is 35.2 Å². The average Bonchev–Trinajstić information content (AvgIpc) is 2.08. The summed E-state index contributed by atoms with van der Waals surface area (Å²) in [6.07, 6.45) is 4.51. The Labute approximate surface area is 64.3 Å². The van der Waals surface area contributed by atoms with E-state index in [1.165, 1.54) is 6.26 Å². The molecule has 0 heterocycles. The van der Waals surface area contributed by atoms with Crippen molar-refractivity contribution in [3.8, 4) is 0 Å². The molecule has 0 spiro atoms. The van der Waals surface area contributed by atoms with Gasteiger partial charge in [0, 0.05) is 0 Å². The molecule has 2 N–H and O–H groups in total. The highest BCUT2D eigenvalue weighted by atomic mass is 16.6. The summed E-state index contributed by atoms with van der Waals surface area (Å²) in [4.78, 5) is 4.03. The Morgan fingerprint density at radius 2 is 1.60 bits per heavy atom. The van der Waals surface area contributed by atoms with Crippen molar-refractivity contribution in [3.05, 3.63) is 25.0 Å². The minimum absolute atomic E-state index is 1.34. The maximum atomic E-state index is 4.58. The third-order valence-corrected chi connectivity index (χ3v) is 0.293. The first-order valence-corrected chi connectivity index (χ1v) is 3.55. The van der Waals surface area contributed by atoms with Crippen LogP contribution in [0, 0.1) is 0 Å². The molecule has 0 amide bonds. The van der Waals surface area contributed by atoms with Crippen LogP contribution in [0.15, 0.2) is 25.0 Å². The summed E-state index contributed by atoms with van der Waals surface area (Å²) in [5.74, 6) is 4.58. The van der Waals surface area contributed by atoms with Gasteiger partial charge in [0.1, 0.15) is 6.26 Å². The highest BCUT2D eigenvalue weighted by Crippen LogP contribution is 1.66. The SMILES string of the molecule is C=C/C=C\ON.CC.CC. The Balaban J connectivity index is -0.000000105. The molecule has 0 saturated carbocycles. The summed E-state index contributed by atoms with van der Waals surface area (Å²) >= 11 is 0. The van der Waals surface area contributed by atoms with Crippen LogP contribution in [-0.4, -0.2) is 0 Å². The van der Waals surface area contributed by atoms with Crippen molar-refractivity contribution in [2.45, 2.75) is 27.7 Å². The first-order valence-electron chi connectivity index (χ1n) is 3.55. The van der Waals surface area contributed by atoms with E-state index in [0.717, 1.165) is 0 Å². The summed E-state index contributed by atoms with van der Waals surface area (Å²) < 4.78 is 0. The van der Waals surface area contributed by atoms with Crippen LogP contribution in [-0.2, 0) is 4.84 Å². The summed E-state index contributed by atoms with van der Waals surface area (Å²) in [5.41, 5.74) is 0. The minimum atomic E-state index is 1.34. The number of hydrogen-bond acceptors (Lipinski definition) is 2. The molecular weight excluding hydrogens is 126 g/mol. The van der Waals surface area contributed by atoms with Crippen molar-refractivity contribution in [3.63, 3.8) is 0 Å². The third kappa shape index (κ3) is 56.2. The Morgan fingerprint density at radius 3 is 1.70 bits per heavy atom. The van der Waals surface area contributed by atoms with E-state index in [1.54, 1.807) is 12.2 Å². The molecule has 2 heteroatoms. The molecule has 0 aliphatic carbocycles. The van der Waals surface area contributed by atoms with Crippen molar-refractivity contribution in [2.75, 3.05) is 0 Å². The Hall–Kier alpha value is -0.760. The molecule has 10 heavy (non-hydrogen) atoms. The van der Waals surface area contributed by atoms with Crippen LogP contribution in [0.2, 0.25) is 0 Å². The zero-order valence-corrected chi connectivity index (χ0v) is 7.42. The molecular formula is C8H19NO. The molecule has 0 saturated heterocycles. The molecule has 0 radical (unpaired) electrons. The smallest absolute Gasteiger partial charge is 0.110 e. The summed E-state index contributed by atoms with van der Waals surface area (Å²) in [6, 6.07) is 0. The van der Waals surface area contributed by atoms with Crippen LogP contribution >= 0.6 is 0 Å². The molecule has 0 aromatic heterocycles. The van der Waals surface area contributed by atoms with Gasteiger partial charge in [0.25, 0.3) is 0 Å². The zero-order valence-electron chi connectivity index (χ0n) is 7.42. The van der Waals surface area contributed by atoms with E-state index in [-0.39, 0.29) is 0 Å². The zero-order chi connectivity index (χ0) is 8.83. The van der Waals surface area contributed by atoms with Gasteiger partial charge in [-0.1, -0.05) is 40.3 Å². The Morgan fingerprint density at radius 1 is 1.20 bits per heavy atom. The molecule has 0 aliphatic rings. The van der Waals surface area contributed by atoms with Crippen LogP contribution < -0.4 is 5.90 Å². The molecule has 62 valence electrons. The molecule has 0 fully saturated rings.